The summed E-state index contributed by atoms with van der Waals surface area (Å²) >= 11 is 7.57. The first-order chi connectivity index (χ1) is 18.1. The maximum Gasteiger partial charge on any atom is 0.244 e. The van der Waals surface area contributed by atoms with Crippen molar-refractivity contribution in [2.45, 2.75) is 42.0 Å². The maximum absolute atomic E-state index is 14.0. The van der Waals surface area contributed by atoms with E-state index in [0.29, 0.717) is 21.8 Å². The van der Waals surface area contributed by atoms with E-state index in [2.05, 4.69) is 5.32 Å². The SMILES string of the molecule is Cc1cc(C)c(S(=O)(=O)N(CC(=O)Nc2ccccc2Sc2ccccc2)Cc2ccc(Cl)cc2)c(C)c1. The molecule has 8 heteroatoms. The van der Waals surface area contributed by atoms with E-state index in [-0.39, 0.29) is 18.0 Å². The van der Waals surface area contributed by atoms with Gasteiger partial charge in [0.05, 0.1) is 17.1 Å². The van der Waals surface area contributed by atoms with Gasteiger partial charge in [-0.3, -0.25) is 4.79 Å². The molecule has 5 nitrogen and oxygen atoms in total. The van der Waals surface area contributed by atoms with E-state index in [1.165, 1.54) is 16.1 Å². The minimum Gasteiger partial charge on any atom is -0.324 e. The minimum atomic E-state index is -4.00. The number of nitrogens with zero attached hydrogens (tertiary/aromatic N) is 1. The Labute approximate surface area is 233 Å². The summed E-state index contributed by atoms with van der Waals surface area (Å²) in [4.78, 5) is 15.5. The summed E-state index contributed by atoms with van der Waals surface area (Å²) in [6.07, 6.45) is 0. The molecule has 4 aromatic rings. The molecular weight excluding hydrogens is 536 g/mol. The Morgan fingerprint density at radius 1 is 0.868 bits per heavy atom. The average molecular weight is 565 g/mol. The molecule has 38 heavy (non-hydrogen) atoms. The van der Waals surface area contributed by atoms with Crippen LogP contribution in [0.15, 0.2) is 106 Å². The molecule has 196 valence electrons. The zero-order chi connectivity index (χ0) is 27.3. The third-order valence-electron chi connectivity index (χ3n) is 5.93. The van der Waals surface area contributed by atoms with Gasteiger partial charge >= 0.3 is 0 Å². The lowest BCUT2D eigenvalue weighted by Gasteiger charge is -2.24. The third kappa shape index (κ3) is 6.85. The molecule has 0 spiro atoms. The number of aryl methyl sites for hydroxylation is 3. The van der Waals surface area contributed by atoms with Crippen molar-refractivity contribution >= 4 is 45.0 Å². The molecule has 0 unspecified atom stereocenters. The minimum absolute atomic E-state index is 0.0279. The topological polar surface area (TPSA) is 66.5 Å². The van der Waals surface area contributed by atoms with Gasteiger partial charge in [-0.25, -0.2) is 8.42 Å². The van der Waals surface area contributed by atoms with Gasteiger partial charge in [-0.15, -0.1) is 0 Å². The molecule has 4 rings (SSSR count). The number of rotatable bonds is 9. The third-order valence-corrected chi connectivity index (χ3v) is 9.36. The van der Waals surface area contributed by atoms with Gasteiger partial charge in [0.1, 0.15) is 0 Å². The number of benzene rings is 4. The second-order valence-corrected chi connectivity index (χ2v) is 12.5. The summed E-state index contributed by atoms with van der Waals surface area (Å²) in [5, 5.41) is 3.49. The Hall–Kier alpha value is -3.10. The molecular formula is C30H29ClN2O3S2. The van der Waals surface area contributed by atoms with E-state index >= 15 is 0 Å². The number of para-hydroxylation sites is 1. The number of carbonyl (C=O) groups excluding carboxylic acids is 1. The highest BCUT2D eigenvalue weighted by Gasteiger charge is 2.30. The highest BCUT2D eigenvalue weighted by atomic mass is 35.5. The number of sulfonamides is 1. The predicted molar refractivity (Wildman–Crippen MR) is 155 cm³/mol. The van der Waals surface area contributed by atoms with Crippen molar-refractivity contribution < 1.29 is 13.2 Å². The molecule has 1 amide bonds. The first-order valence-electron chi connectivity index (χ1n) is 12.1. The molecule has 0 heterocycles. The monoisotopic (exact) mass is 564 g/mol. The van der Waals surface area contributed by atoms with E-state index in [1.807, 2.05) is 73.7 Å². The smallest absolute Gasteiger partial charge is 0.244 e. The number of carbonyl (C=O) groups is 1. The standard InChI is InChI=1S/C30H29ClN2O3S2/c1-21-17-22(2)30(23(3)18-21)38(35,36)33(19-24-13-15-25(31)16-14-24)20-29(34)32-27-11-7-8-12-28(27)37-26-9-5-4-6-10-26/h4-18H,19-20H2,1-3H3,(H,32,34). The maximum atomic E-state index is 14.0. The number of halogens is 1. The Bertz CT molecular complexity index is 1520. The van der Waals surface area contributed by atoms with Gasteiger partial charge in [0.15, 0.2) is 0 Å². The molecule has 0 saturated heterocycles. The average Bonchev–Trinajstić information content (AvgIpc) is 2.86. The molecule has 0 bridgehead atoms. The zero-order valence-electron chi connectivity index (χ0n) is 21.4. The van der Waals surface area contributed by atoms with Crippen LogP contribution in [0.25, 0.3) is 0 Å². The molecule has 0 aliphatic rings. The van der Waals surface area contributed by atoms with E-state index in [1.54, 1.807) is 38.1 Å². The van der Waals surface area contributed by atoms with Gasteiger partial charge < -0.3 is 5.32 Å². The fraction of sp³-hybridized carbons (Fsp3) is 0.167. The van der Waals surface area contributed by atoms with Crippen LogP contribution in [-0.4, -0.2) is 25.2 Å². The summed E-state index contributed by atoms with van der Waals surface area (Å²) in [6.45, 7) is 5.18. The predicted octanol–water partition coefficient (Wildman–Crippen LogP) is 7.25. The van der Waals surface area contributed by atoms with Gasteiger partial charge in [0.2, 0.25) is 15.9 Å². The molecule has 0 radical (unpaired) electrons. The van der Waals surface area contributed by atoms with Gasteiger partial charge in [0, 0.05) is 21.4 Å². The normalized spacial score (nSPS) is 11.5. The first kappa shape index (κ1) is 27.9. The van der Waals surface area contributed by atoms with Gasteiger partial charge in [0.25, 0.3) is 0 Å². The van der Waals surface area contributed by atoms with Crippen LogP contribution < -0.4 is 5.32 Å². The summed E-state index contributed by atoms with van der Waals surface area (Å²) in [5.74, 6) is -0.425. The summed E-state index contributed by atoms with van der Waals surface area (Å²) in [7, 11) is -4.00. The van der Waals surface area contributed by atoms with Crippen molar-refractivity contribution in [3.8, 4) is 0 Å². The van der Waals surface area contributed by atoms with E-state index < -0.39 is 15.9 Å². The van der Waals surface area contributed by atoms with Crippen LogP contribution in [0.1, 0.15) is 22.3 Å². The van der Waals surface area contributed by atoms with Crippen LogP contribution in [0.3, 0.4) is 0 Å². The Morgan fingerprint density at radius 2 is 1.47 bits per heavy atom. The molecule has 1 N–H and O–H groups in total. The molecule has 0 aliphatic heterocycles. The summed E-state index contributed by atoms with van der Waals surface area (Å²) < 4.78 is 29.2. The zero-order valence-corrected chi connectivity index (χ0v) is 23.8. The largest absolute Gasteiger partial charge is 0.324 e. The summed E-state index contributed by atoms with van der Waals surface area (Å²) in [6, 6.07) is 28.0. The van der Waals surface area contributed by atoms with Crippen LogP contribution >= 0.6 is 23.4 Å². The Kier molecular flexibility index (Phi) is 8.95. The lowest BCUT2D eigenvalue weighted by atomic mass is 10.1. The Morgan fingerprint density at radius 3 is 2.13 bits per heavy atom. The fourth-order valence-corrected chi connectivity index (χ4v) is 7.19. The van der Waals surface area contributed by atoms with E-state index in [4.69, 9.17) is 11.6 Å². The fourth-order valence-electron chi connectivity index (χ4n) is 4.35. The van der Waals surface area contributed by atoms with Gasteiger partial charge in [-0.05, 0) is 73.9 Å². The lowest BCUT2D eigenvalue weighted by molar-refractivity contribution is -0.116. The quantitative estimate of drug-likeness (QED) is 0.232. The van der Waals surface area contributed by atoms with Crippen molar-refractivity contribution in [3.05, 3.63) is 118 Å². The van der Waals surface area contributed by atoms with Crippen LogP contribution in [0.4, 0.5) is 5.69 Å². The molecule has 0 atom stereocenters. The van der Waals surface area contributed by atoms with Crippen LogP contribution in [0, 0.1) is 20.8 Å². The lowest BCUT2D eigenvalue weighted by Crippen LogP contribution is -2.38. The molecule has 4 aromatic carbocycles. The van der Waals surface area contributed by atoms with Gasteiger partial charge in [-0.1, -0.05) is 83.5 Å². The first-order valence-corrected chi connectivity index (χ1v) is 14.7. The second kappa shape index (κ2) is 12.2. The van der Waals surface area contributed by atoms with Crippen LogP contribution in [0.2, 0.25) is 5.02 Å². The van der Waals surface area contributed by atoms with Crippen LogP contribution in [0.5, 0.6) is 0 Å². The van der Waals surface area contributed by atoms with Crippen molar-refractivity contribution in [1.82, 2.24) is 4.31 Å². The van der Waals surface area contributed by atoms with Crippen molar-refractivity contribution in [3.63, 3.8) is 0 Å². The number of anilines is 1. The number of hydrogen-bond donors (Lipinski definition) is 1. The van der Waals surface area contributed by atoms with E-state index in [0.717, 1.165) is 20.9 Å². The van der Waals surface area contributed by atoms with Crippen molar-refractivity contribution in [1.29, 1.82) is 0 Å². The molecule has 0 aromatic heterocycles. The van der Waals surface area contributed by atoms with Gasteiger partial charge in [-0.2, -0.15) is 4.31 Å². The highest BCUT2D eigenvalue weighted by Crippen LogP contribution is 2.33. The summed E-state index contributed by atoms with van der Waals surface area (Å²) in [5.41, 5.74) is 3.63. The van der Waals surface area contributed by atoms with Crippen molar-refractivity contribution in [2.75, 3.05) is 11.9 Å². The molecule has 0 saturated carbocycles. The molecule has 0 fully saturated rings. The molecule has 0 aliphatic carbocycles. The van der Waals surface area contributed by atoms with Crippen molar-refractivity contribution in [2.24, 2.45) is 0 Å². The number of hydrogen-bond acceptors (Lipinski definition) is 4. The van der Waals surface area contributed by atoms with Crippen LogP contribution in [-0.2, 0) is 21.4 Å². The Balaban J connectivity index is 1.63. The second-order valence-electron chi connectivity index (χ2n) is 9.09. The highest BCUT2D eigenvalue weighted by molar-refractivity contribution is 7.99. The van der Waals surface area contributed by atoms with E-state index in [9.17, 15) is 13.2 Å². The number of amides is 1. The number of nitrogens with one attached hydrogen (secondary N) is 1.